The minimum absolute atomic E-state index is 0.0873. The van der Waals surface area contributed by atoms with Gasteiger partial charge in [0.05, 0.1) is 4.90 Å². The summed E-state index contributed by atoms with van der Waals surface area (Å²) >= 11 is 0. The van der Waals surface area contributed by atoms with Crippen molar-refractivity contribution in [3.05, 3.63) is 65.2 Å². The lowest BCUT2D eigenvalue weighted by Gasteiger charge is -2.14. The molecule has 2 rings (SSSR count). The summed E-state index contributed by atoms with van der Waals surface area (Å²) in [6.45, 7) is 1.98. The van der Waals surface area contributed by atoms with Crippen molar-refractivity contribution in [3.63, 3.8) is 0 Å². The molecule has 23 heavy (non-hydrogen) atoms. The van der Waals surface area contributed by atoms with Gasteiger partial charge in [0.15, 0.2) is 0 Å². The van der Waals surface area contributed by atoms with E-state index in [1.165, 1.54) is 17.0 Å². The molecule has 0 unspecified atom stereocenters. The normalized spacial score (nSPS) is 11.3. The zero-order chi connectivity index (χ0) is 17.0. The summed E-state index contributed by atoms with van der Waals surface area (Å²) < 4.78 is 27.4. The van der Waals surface area contributed by atoms with Crippen LogP contribution in [0.5, 0.6) is 0 Å². The molecule has 0 saturated heterocycles. The second-order valence-corrected chi connectivity index (χ2v) is 7.25. The Balaban J connectivity index is 2.26. The number of amides is 1. The third kappa shape index (κ3) is 4.18. The molecule has 5 nitrogen and oxygen atoms in total. The molecule has 0 heterocycles. The molecule has 1 N–H and O–H groups in total. The molecule has 2 aromatic carbocycles. The Morgan fingerprint density at radius 2 is 1.74 bits per heavy atom. The fourth-order valence-corrected chi connectivity index (χ4v) is 3.14. The fourth-order valence-electron chi connectivity index (χ4n) is 2.10. The molecule has 2 aromatic rings. The molecule has 6 heteroatoms. The highest BCUT2D eigenvalue weighted by atomic mass is 32.2. The second-order valence-electron chi connectivity index (χ2n) is 5.49. The molecule has 0 bridgehead atoms. The van der Waals surface area contributed by atoms with E-state index in [9.17, 15) is 13.2 Å². The molecule has 0 aliphatic rings. The number of rotatable bonds is 5. The molecule has 1 amide bonds. The number of hydrogen-bond acceptors (Lipinski definition) is 3. The molecular weight excluding hydrogens is 312 g/mol. The topological polar surface area (TPSA) is 66.5 Å². The van der Waals surface area contributed by atoms with Crippen LogP contribution in [0.1, 0.15) is 21.5 Å². The van der Waals surface area contributed by atoms with E-state index in [0.29, 0.717) is 5.56 Å². The van der Waals surface area contributed by atoms with E-state index < -0.39 is 10.0 Å². The first-order valence-corrected chi connectivity index (χ1v) is 8.65. The Hall–Kier alpha value is -2.18. The van der Waals surface area contributed by atoms with Crippen LogP contribution in [-0.2, 0) is 16.6 Å². The molecule has 122 valence electrons. The van der Waals surface area contributed by atoms with E-state index in [0.717, 1.165) is 11.1 Å². The van der Waals surface area contributed by atoms with Crippen LogP contribution in [0.2, 0.25) is 0 Å². The Morgan fingerprint density at radius 3 is 2.35 bits per heavy atom. The van der Waals surface area contributed by atoms with Gasteiger partial charge in [-0.1, -0.05) is 36.4 Å². The maximum atomic E-state index is 12.4. The standard InChI is InChI=1S/C17H20N2O3S/c1-13-9-10-15(11-16(13)17(20)19(2)3)23(21,22)18-12-14-7-5-4-6-8-14/h4-11,18H,12H2,1-3H3. The number of sulfonamides is 1. The molecular formula is C17H20N2O3S. The van der Waals surface area contributed by atoms with Crippen LogP contribution in [0.15, 0.2) is 53.4 Å². The van der Waals surface area contributed by atoms with Gasteiger partial charge in [0, 0.05) is 26.2 Å². The van der Waals surface area contributed by atoms with Crippen molar-refractivity contribution in [3.8, 4) is 0 Å². The van der Waals surface area contributed by atoms with Crippen LogP contribution in [-0.4, -0.2) is 33.3 Å². The van der Waals surface area contributed by atoms with Crippen molar-refractivity contribution in [1.82, 2.24) is 9.62 Å². The fraction of sp³-hybridized carbons (Fsp3) is 0.235. The number of hydrogen-bond donors (Lipinski definition) is 1. The first-order chi connectivity index (χ1) is 10.8. The van der Waals surface area contributed by atoms with E-state index in [2.05, 4.69) is 4.72 Å². The molecule has 0 aliphatic heterocycles. The first-order valence-electron chi connectivity index (χ1n) is 7.17. The average Bonchev–Trinajstić information content (AvgIpc) is 2.53. The van der Waals surface area contributed by atoms with Gasteiger partial charge >= 0.3 is 0 Å². The summed E-state index contributed by atoms with van der Waals surface area (Å²) in [5.74, 6) is -0.220. The smallest absolute Gasteiger partial charge is 0.253 e. The highest BCUT2D eigenvalue weighted by molar-refractivity contribution is 7.89. The van der Waals surface area contributed by atoms with Gasteiger partial charge in [0.1, 0.15) is 0 Å². The van der Waals surface area contributed by atoms with Gasteiger partial charge in [-0.05, 0) is 30.2 Å². The lowest BCUT2D eigenvalue weighted by Crippen LogP contribution is -2.25. The van der Waals surface area contributed by atoms with E-state index in [-0.39, 0.29) is 17.3 Å². The minimum atomic E-state index is -3.68. The maximum absolute atomic E-state index is 12.4. The third-order valence-corrected chi connectivity index (χ3v) is 4.86. The van der Waals surface area contributed by atoms with Crippen LogP contribution in [0.25, 0.3) is 0 Å². The second kappa shape index (κ2) is 6.93. The van der Waals surface area contributed by atoms with Gasteiger partial charge in [-0.25, -0.2) is 13.1 Å². The summed E-state index contributed by atoms with van der Waals surface area (Å²) in [5.41, 5.74) is 2.00. The quantitative estimate of drug-likeness (QED) is 0.912. The van der Waals surface area contributed by atoms with Crippen molar-refractivity contribution in [2.45, 2.75) is 18.4 Å². The molecule has 0 fully saturated rings. The lowest BCUT2D eigenvalue weighted by atomic mass is 10.1. The molecule has 0 aliphatic carbocycles. The number of nitrogens with zero attached hydrogens (tertiary/aromatic N) is 1. The van der Waals surface area contributed by atoms with E-state index in [1.807, 2.05) is 30.3 Å². The van der Waals surface area contributed by atoms with Gasteiger partial charge in [-0.15, -0.1) is 0 Å². The number of carbonyl (C=O) groups excluding carboxylic acids is 1. The van der Waals surface area contributed by atoms with Gasteiger partial charge < -0.3 is 4.90 Å². The Morgan fingerprint density at radius 1 is 1.09 bits per heavy atom. The summed E-state index contributed by atoms with van der Waals surface area (Å²) in [4.78, 5) is 13.6. The van der Waals surface area contributed by atoms with Gasteiger partial charge in [-0.2, -0.15) is 0 Å². The van der Waals surface area contributed by atoms with Crippen molar-refractivity contribution in [1.29, 1.82) is 0 Å². The Labute approximate surface area is 137 Å². The zero-order valence-corrected chi connectivity index (χ0v) is 14.2. The van der Waals surface area contributed by atoms with Crippen molar-refractivity contribution in [2.24, 2.45) is 0 Å². The molecule has 0 atom stereocenters. The van der Waals surface area contributed by atoms with Gasteiger partial charge in [-0.3, -0.25) is 4.79 Å². The Bertz CT molecular complexity index is 800. The highest BCUT2D eigenvalue weighted by Crippen LogP contribution is 2.17. The molecule has 0 spiro atoms. The predicted molar refractivity (Wildman–Crippen MR) is 89.7 cm³/mol. The van der Waals surface area contributed by atoms with Crippen molar-refractivity contribution >= 4 is 15.9 Å². The largest absolute Gasteiger partial charge is 0.345 e. The van der Waals surface area contributed by atoms with Gasteiger partial charge in [0.2, 0.25) is 10.0 Å². The summed E-state index contributed by atoms with van der Waals surface area (Å²) in [7, 11) is -0.407. The Kier molecular flexibility index (Phi) is 5.18. The molecule has 0 saturated carbocycles. The predicted octanol–water partition coefficient (Wildman–Crippen LogP) is 2.18. The van der Waals surface area contributed by atoms with E-state index in [1.54, 1.807) is 27.1 Å². The van der Waals surface area contributed by atoms with Crippen molar-refractivity contribution < 1.29 is 13.2 Å². The van der Waals surface area contributed by atoms with E-state index >= 15 is 0 Å². The average molecular weight is 332 g/mol. The van der Waals surface area contributed by atoms with Crippen LogP contribution in [0.4, 0.5) is 0 Å². The third-order valence-electron chi connectivity index (χ3n) is 3.47. The monoisotopic (exact) mass is 332 g/mol. The van der Waals surface area contributed by atoms with Crippen LogP contribution >= 0.6 is 0 Å². The zero-order valence-electron chi connectivity index (χ0n) is 13.4. The maximum Gasteiger partial charge on any atom is 0.253 e. The van der Waals surface area contributed by atoms with Gasteiger partial charge in [0.25, 0.3) is 5.91 Å². The number of benzene rings is 2. The summed E-state index contributed by atoms with van der Waals surface area (Å²) in [6.07, 6.45) is 0. The lowest BCUT2D eigenvalue weighted by molar-refractivity contribution is 0.0826. The molecule has 0 aromatic heterocycles. The van der Waals surface area contributed by atoms with Crippen LogP contribution in [0.3, 0.4) is 0 Å². The number of nitrogens with one attached hydrogen (secondary N) is 1. The SMILES string of the molecule is Cc1ccc(S(=O)(=O)NCc2ccccc2)cc1C(=O)N(C)C. The number of aryl methyl sites for hydroxylation is 1. The number of carbonyl (C=O) groups is 1. The van der Waals surface area contributed by atoms with Crippen molar-refractivity contribution in [2.75, 3.05) is 14.1 Å². The van der Waals surface area contributed by atoms with Crippen LogP contribution < -0.4 is 4.72 Å². The highest BCUT2D eigenvalue weighted by Gasteiger charge is 2.18. The summed E-state index contributed by atoms with van der Waals surface area (Å²) in [6, 6.07) is 13.8. The first kappa shape index (κ1) is 17.2. The minimum Gasteiger partial charge on any atom is -0.345 e. The molecule has 0 radical (unpaired) electrons. The van der Waals surface area contributed by atoms with E-state index in [4.69, 9.17) is 0 Å². The van der Waals surface area contributed by atoms with Crippen LogP contribution in [0, 0.1) is 6.92 Å². The summed E-state index contributed by atoms with van der Waals surface area (Å²) in [5, 5.41) is 0.